The van der Waals surface area contributed by atoms with Crippen LogP contribution in [0.2, 0.25) is 0 Å². The Hall–Kier alpha value is -5.68. The minimum atomic E-state index is -0.642. The highest BCUT2D eigenvalue weighted by atomic mass is 32.2. The molecule has 1 unspecified atom stereocenters. The van der Waals surface area contributed by atoms with Gasteiger partial charge < -0.3 is 20.1 Å². The Kier molecular flexibility index (Phi) is 9.94. The summed E-state index contributed by atoms with van der Waals surface area (Å²) >= 11 is 1.24. The molecular weight excluding hydrogens is 606 g/mol. The number of hydrogen-bond donors (Lipinski definition) is 2. The summed E-state index contributed by atoms with van der Waals surface area (Å²) in [6.07, 6.45) is 1.55. The zero-order valence-electron chi connectivity index (χ0n) is 24.9. The van der Waals surface area contributed by atoms with Crippen LogP contribution in [0.15, 0.2) is 114 Å². The molecule has 0 spiro atoms. The SMILES string of the molecule is COC(=O)c1ccc(N2C(=O)CC(Sc3ccc(NC(=O)/C(=C/c4ccccc4OC)NC(=O)c4ccccc4)cc3)C2=O)cc1. The van der Waals surface area contributed by atoms with Crippen molar-refractivity contribution in [1.82, 2.24) is 5.32 Å². The molecule has 0 aliphatic carbocycles. The third-order valence-electron chi connectivity index (χ3n) is 7.01. The number of para-hydroxylation sites is 1. The van der Waals surface area contributed by atoms with Gasteiger partial charge in [-0.05, 0) is 72.8 Å². The fourth-order valence-electron chi connectivity index (χ4n) is 4.69. The van der Waals surface area contributed by atoms with Crippen molar-refractivity contribution in [3.05, 3.63) is 126 Å². The summed E-state index contributed by atoms with van der Waals surface area (Å²) in [6, 6.07) is 28.5. The molecule has 4 aromatic carbocycles. The van der Waals surface area contributed by atoms with Gasteiger partial charge in [-0.3, -0.25) is 19.2 Å². The van der Waals surface area contributed by atoms with Gasteiger partial charge in [-0.1, -0.05) is 36.4 Å². The summed E-state index contributed by atoms with van der Waals surface area (Å²) in [6.45, 7) is 0. The summed E-state index contributed by atoms with van der Waals surface area (Å²) in [4.78, 5) is 65.8. The fourth-order valence-corrected chi connectivity index (χ4v) is 5.75. The fraction of sp³-hybridized carbons (Fsp3) is 0.114. The van der Waals surface area contributed by atoms with E-state index in [-0.39, 0.29) is 23.9 Å². The molecule has 0 saturated carbocycles. The number of anilines is 2. The summed E-state index contributed by atoms with van der Waals surface area (Å²) in [7, 11) is 2.79. The number of benzene rings is 4. The summed E-state index contributed by atoms with van der Waals surface area (Å²) < 4.78 is 10.1. The van der Waals surface area contributed by atoms with Crippen molar-refractivity contribution in [2.45, 2.75) is 16.6 Å². The molecule has 5 rings (SSSR count). The number of imide groups is 1. The van der Waals surface area contributed by atoms with E-state index in [4.69, 9.17) is 9.47 Å². The quantitative estimate of drug-likeness (QED) is 0.136. The van der Waals surface area contributed by atoms with Crippen molar-refractivity contribution in [2.75, 3.05) is 24.4 Å². The topological polar surface area (TPSA) is 131 Å². The molecule has 46 heavy (non-hydrogen) atoms. The lowest BCUT2D eigenvalue weighted by atomic mass is 10.1. The smallest absolute Gasteiger partial charge is 0.337 e. The maximum atomic E-state index is 13.4. The van der Waals surface area contributed by atoms with Crippen LogP contribution in [0.3, 0.4) is 0 Å². The largest absolute Gasteiger partial charge is 0.496 e. The first kappa shape index (κ1) is 31.7. The van der Waals surface area contributed by atoms with Crippen molar-refractivity contribution in [2.24, 2.45) is 0 Å². The number of rotatable bonds is 10. The summed E-state index contributed by atoms with van der Waals surface area (Å²) in [5.74, 6) is -1.70. The molecule has 1 aliphatic rings. The Morgan fingerprint density at radius 3 is 2.17 bits per heavy atom. The third-order valence-corrected chi connectivity index (χ3v) is 8.21. The van der Waals surface area contributed by atoms with Gasteiger partial charge in [-0.15, -0.1) is 11.8 Å². The van der Waals surface area contributed by atoms with Crippen LogP contribution in [0.4, 0.5) is 11.4 Å². The number of amides is 4. The highest BCUT2D eigenvalue weighted by Crippen LogP contribution is 2.34. The number of carbonyl (C=O) groups excluding carboxylic acids is 5. The van der Waals surface area contributed by atoms with Crippen LogP contribution in [-0.2, 0) is 19.1 Å². The van der Waals surface area contributed by atoms with Gasteiger partial charge in [0.25, 0.3) is 11.8 Å². The van der Waals surface area contributed by atoms with E-state index in [1.807, 2.05) is 0 Å². The summed E-state index contributed by atoms with van der Waals surface area (Å²) in [5.41, 5.74) is 2.13. The zero-order chi connectivity index (χ0) is 32.6. The van der Waals surface area contributed by atoms with E-state index in [1.54, 1.807) is 78.9 Å². The van der Waals surface area contributed by atoms with Gasteiger partial charge in [0.15, 0.2) is 0 Å². The van der Waals surface area contributed by atoms with Crippen molar-refractivity contribution < 1.29 is 33.4 Å². The molecule has 1 fully saturated rings. The molecule has 232 valence electrons. The molecule has 1 aliphatic heterocycles. The second-order valence-corrected chi connectivity index (χ2v) is 11.3. The third kappa shape index (κ3) is 7.33. The lowest BCUT2D eigenvalue weighted by Crippen LogP contribution is -2.31. The Balaban J connectivity index is 1.28. The van der Waals surface area contributed by atoms with Crippen molar-refractivity contribution >= 4 is 58.8 Å². The Morgan fingerprint density at radius 2 is 1.50 bits per heavy atom. The molecule has 4 aromatic rings. The van der Waals surface area contributed by atoms with Crippen LogP contribution < -0.4 is 20.3 Å². The minimum Gasteiger partial charge on any atom is -0.496 e. The number of esters is 1. The maximum absolute atomic E-state index is 13.4. The van der Waals surface area contributed by atoms with Gasteiger partial charge in [-0.25, -0.2) is 9.69 Å². The lowest BCUT2D eigenvalue weighted by Gasteiger charge is -2.15. The highest BCUT2D eigenvalue weighted by molar-refractivity contribution is 8.00. The van der Waals surface area contributed by atoms with Gasteiger partial charge in [0.1, 0.15) is 11.4 Å². The Morgan fingerprint density at radius 1 is 0.826 bits per heavy atom. The number of ether oxygens (including phenoxy) is 2. The van der Waals surface area contributed by atoms with E-state index in [0.717, 1.165) is 4.90 Å². The van der Waals surface area contributed by atoms with Crippen LogP contribution in [0.25, 0.3) is 6.08 Å². The van der Waals surface area contributed by atoms with Crippen molar-refractivity contribution in [1.29, 1.82) is 0 Å². The minimum absolute atomic E-state index is 0.00609. The molecule has 4 amide bonds. The molecule has 0 bridgehead atoms. The molecular formula is C35H29N3O7S. The molecule has 1 saturated heterocycles. The van der Waals surface area contributed by atoms with E-state index in [0.29, 0.717) is 38.7 Å². The number of hydrogen-bond acceptors (Lipinski definition) is 8. The van der Waals surface area contributed by atoms with Gasteiger partial charge >= 0.3 is 5.97 Å². The highest BCUT2D eigenvalue weighted by Gasteiger charge is 2.40. The van der Waals surface area contributed by atoms with Crippen molar-refractivity contribution in [3.8, 4) is 5.75 Å². The zero-order valence-corrected chi connectivity index (χ0v) is 25.7. The van der Waals surface area contributed by atoms with Crippen molar-refractivity contribution in [3.63, 3.8) is 0 Å². The first-order valence-corrected chi connectivity index (χ1v) is 15.0. The molecule has 0 aromatic heterocycles. The van der Waals surface area contributed by atoms with Gasteiger partial charge in [0.05, 0.1) is 30.7 Å². The van der Waals surface area contributed by atoms with E-state index in [2.05, 4.69) is 10.6 Å². The molecule has 10 nitrogen and oxygen atoms in total. The second kappa shape index (κ2) is 14.4. The number of methoxy groups -OCH3 is 2. The first-order chi connectivity index (χ1) is 22.3. The first-order valence-electron chi connectivity index (χ1n) is 14.1. The van der Waals surface area contributed by atoms with Gasteiger partial charge in [0, 0.05) is 28.1 Å². The van der Waals surface area contributed by atoms with Crippen LogP contribution in [0.1, 0.15) is 32.7 Å². The van der Waals surface area contributed by atoms with Gasteiger partial charge in [-0.2, -0.15) is 0 Å². The molecule has 1 atom stereocenters. The van der Waals surface area contributed by atoms with E-state index >= 15 is 0 Å². The van der Waals surface area contributed by atoms with Crippen LogP contribution >= 0.6 is 11.8 Å². The predicted octanol–water partition coefficient (Wildman–Crippen LogP) is 5.32. The van der Waals surface area contributed by atoms with Crippen LogP contribution in [0.5, 0.6) is 5.75 Å². The Labute approximate surface area is 269 Å². The average molecular weight is 636 g/mol. The van der Waals surface area contributed by atoms with E-state index < -0.39 is 23.0 Å². The lowest BCUT2D eigenvalue weighted by molar-refractivity contribution is -0.121. The van der Waals surface area contributed by atoms with Crippen LogP contribution in [0, 0.1) is 0 Å². The molecule has 1 heterocycles. The Bertz CT molecular complexity index is 1810. The van der Waals surface area contributed by atoms with E-state index in [9.17, 15) is 24.0 Å². The maximum Gasteiger partial charge on any atom is 0.337 e. The number of thioether (sulfide) groups is 1. The van der Waals surface area contributed by atoms with Gasteiger partial charge in [0.2, 0.25) is 11.8 Å². The molecule has 11 heteroatoms. The number of nitrogens with zero attached hydrogens (tertiary/aromatic N) is 1. The molecule has 0 radical (unpaired) electrons. The molecule has 2 N–H and O–H groups in total. The average Bonchev–Trinajstić information content (AvgIpc) is 3.36. The standard InChI is InChI=1S/C35H29N3O7S/c1-44-29-11-7-6-10-24(29)20-28(37-32(40)22-8-4-3-5-9-22)33(41)36-25-14-18-27(19-15-25)46-30-21-31(39)38(34(30)42)26-16-12-23(13-17-26)35(43)45-2/h3-20,30H,21H2,1-2H3,(H,36,41)(H,37,40)/b28-20-. The number of nitrogens with one attached hydrogen (secondary N) is 2. The van der Waals surface area contributed by atoms with Crippen LogP contribution in [-0.4, -0.2) is 49.1 Å². The second-order valence-electron chi connectivity index (χ2n) is 10.0. The predicted molar refractivity (Wildman–Crippen MR) is 174 cm³/mol. The normalized spacial score (nSPS) is 14.5. The monoisotopic (exact) mass is 635 g/mol. The van der Waals surface area contributed by atoms with E-state index in [1.165, 1.54) is 56.3 Å². The summed E-state index contributed by atoms with van der Waals surface area (Å²) in [5, 5.41) is 4.87. The number of carbonyl (C=O) groups is 5.